The molecule has 0 unspecified atom stereocenters. The Bertz CT molecular complexity index is 701. The molecule has 0 bridgehead atoms. The van der Waals surface area contributed by atoms with Crippen LogP contribution in [0.5, 0.6) is 0 Å². The number of rotatable bonds is 2. The Labute approximate surface area is 121 Å². The van der Waals surface area contributed by atoms with Crippen LogP contribution in [0.1, 0.15) is 32.8 Å². The lowest BCUT2D eigenvalue weighted by atomic mass is 9.99. The van der Waals surface area contributed by atoms with Crippen LogP contribution in [0, 0.1) is 0 Å². The van der Waals surface area contributed by atoms with Crippen LogP contribution in [0.25, 0.3) is 0 Å². The second-order valence-corrected chi connectivity index (χ2v) is 4.80. The summed E-state index contributed by atoms with van der Waals surface area (Å²) in [5.41, 5.74) is 2.15. The second kappa shape index (κ2) is 5.32. The summed E-state index contributed by atoms with van der Waals surface area (Å²) >= 11 is 0. The van der Waals surface area contributed by atoms with E-state index >= 15 is 0 Å². The zero-order valence-electron chi connectivity index (χ0n) is 11.2. The zero-order chi connectivity index (χ0) is 14.8. The highest BCUT2D eigenvalue weighted by Crippen LogP contribution is 2.29. The molecule has 0 fully saturated rings. The van der Waals surface area contributed by atoms with Crippen molar-refractivity contribution in [2.24, 2.45) is 0 Å². The van der Waals surface area contributed by atoms with Gasteiger partial charge in [0.15, 0.2) is 0 Å². The van der Waals surface area contributed by atoms with Crippen LogP contribution in [0.15, 0.2) is 36.8 Å². The highest BCUT2D eigenvalue weighted by Gasteiger charge is 2.25. The van der Waals surface area contributed by atoms with Crippen molar-refractivity contribution >= 4 is 17.6 Å². The summed E-state index contributed by atoms with van der Waals surface area (Å²) < 4.78 is 0. The smallest absolute Gasteiger partial charge is 0.335 e. The lowest BCUT2D eigenvalue weighted by molar-refractivity contribution is 0.0696. The number of anilines is 1. The predicted octanol–water partition coefficient (Wildman–Crippen LogP) is 1.77. The number of carboxylic acids is 1. The van der Waals surface area contributed by atoms with Crippen molar-refractivity contribution in [3.8, 4) is 0 Å². The van der Waals surface area contributed by atoms with Gasteiger partial charge in [-0.25, -0.2) is 9.78 Å². The van der Waals surface area contributed by atoms with Crippen LogP contribution in [-0.4, -0.2) is 33.5 Å². The molecule has 6 nitrogen and oxygen atoms in total. The van der Waals surface area contributed by atoms with Crippen molar-refractivity contribution in [3.05, 3.63) is 53.6 Å². The molecular formula is C15H13N3O3. The van der Waals surface area contributed by atoms with E-state index in [1.165, 1.54) is 24.7 Å². The van der Waals surface area contributed by atoms with Gasteiger partial charge in [-0.3, -0.25) is 9.78 Å². The quantitative estimate of drug-likeness (QED) is 0.908. The number of aromatic carboxylic acids is 1. The molecule has 2 aromatic rings. The first-order chi connectivity index (χ1) is 10.2. The number of amides is 1. The Kier molecular flexibility index (Phi) is 3.35. The van der Waals surface area contributed by atoms with Gasteiger partial charge in [0, 0.05) is 24.6 Å². The second-order valence-electron chi connectivity index (χ2n) is 4.80. The normalized spacial score (nSPS) is 13.6. The van der Waals surface area contributed by atoms with Crippen molar-refractivity contribution in [2.45, 2.75) is 12.8 Å². The number of aromatic nitrogens is 2. The van der Waals surface area contributed by atoms with Crippen LogP contribution >= 0.6 is 0 Å². The monoisotopic (exact) mass is 283 g/mol. The van der Waals surface area contributed by atoms with Gasteiger partial charge in [0.05, 0.1) is 11.8 Å². The van der Waals surface area contributed by atoms with E-state index in [1.807, 2.05) is 0 Å². The summed E-state index contributed by atoms with van der Waals surface area (Å²) in [4.78, 5) is 33.1. The maximum absolute atomic E-state index is 12.5. The standard InChI is InChI=1S/C15H13N3O3/c19-14(12-9-16-5-6-17-12)18-7-1-2-10-8-11(15(20)21)3-4-13(10)18/h3-6,8-9H,1-2,7H2,(H,20,21). The number of hydrogen-bond donors (Lipinski definition) is 1. The zero-order valence-corrected chi connectivity index (χ0v) is 11.2. The molecule has 1 N–H and O–H groups in total. The number of nitrogens with zero attached hydrogens (tertiary/aromatic N) is 3. The number of carbonyl (C=O) groups excluding carboxylic acids is 1. The minimum absolute atomic E-state index is 0.216. The number of benzene rings is 1. The van der Waals surface area contributed by atoms with Crippen molar-refractivity contribution < 1.29 is 14.7 Å². The summed E-state index contributed by atoms with van der Waals surface area (Å²) in [6.45, 7) is 0.592. The van der Waals surface area contributed by atoms with Gasteiger partial charge in [0.25, 0.3) is 5.91 Å². The molecule has 3 rings (SSSR count). The summed E-state index contributed by atoms with van der Waals surface area (Å²) in [5.74, 6) is -1.18. The number of aryl methyl sites for hydroxylation is 1. The van der Waals surface area contributed by atoms with Gasteiger partial charge in [-0.2, -0.15) is 0 Å². The lowest BCUT2D eigenvalue weighted by Gasteiger charge is -2.29. The topological polar surface area (TPSA) is 83.4 Å². The molecule has 6 heteroatoms. The SMILES string of the molecule is O=C(O)c1ccc2c(c1)CCCN2C(=O)c1cnccn1. The molecule has 1 aromatic heterocycles. The molecule has 1 aromatic carbocycles. The number of carboxylic acid groups (broad SMARTS) is 1. The fraction of sp³-hybridized carbons (Fsp3) is 0.200. The molecule has 0 saturated heterocycles. The van der Waals surface area contributed by atoms with Gasteiger partial charge >= 0.3 is 5.97 Å². The number of hydrogen-bond acceptors (Lipinski definition) is 4. The van der Waals surface area contributed by atoms with E-state index in [4.69, 9.17) is 5.11 Å². The molecule has 1 aliphatic heterocycles. The molecule has 0 aliphatic carbocycles. The Balaban J connectivity index is 1.97. The van der Waals surface area contributed by atoms with Gasteiger partial charge in [0.1, 0.15) is 5.69 Å². The van der Waals surface area contributed by atoms with Crippen LogP contribution in [-0.2, 0) is 6.42 Å². The van der Waals surface area contributed by atoms with Crippen LogP contribution in [0.3, 0.4) is 0 Å². The Morgan fingerprint density at radius 3 is 2.81 bits per heavy atom. The Morgan fingerprint density at radius 1 is 1.24 bits per heavy atom. The van der Waals surface area contributed by atoms with E-state index in [1.54, 1.807) is 17.0 Å². The summed E-state index contributed by atoms with van der Waals surface area (Å²) in [6.07, 6.45) is 5.98. The van der Waals surface area contributed by atoms with Gasteiger partial charge in [-0.15, -0.1) is 0 Å². The maximum Gasteiger partial charge on any atom is 0.335 e. The molecule has 0 spiro atoms. The largest absolute Gasteiger partial charge is 0.478 e. The van der Waals surface area contributed by atoms with Gasteiger partial charge in [0.2, 0.25) is 0 Å². The molecule has 2 heterocycles. The van der Waals surface area contributed by atoms with E-state index in [9.17, 15) is 9.59 Å². The molecule has 1 amide bonds. The highest BCUT2D eigenvalue weighted by atomic mass is 16.4. The maximum atomic E-state index is 12.5. The molecule has 1 aliphatic rings. The minimum atomic E-state index is -0.963. The van der Waals surface area contributed by atoms with Crippen molar-refractivity contribution in [1.29, 1.82) is 0 Å². The van der Waals surface area contributed by atoms with Crippen LogP contribution < -0.4 is 4.90 Å². The van der Waals surface area contributed by atoms with E-state index in [0.717, 1.165) is 24.1 Å². The summed E-state index contributed by atoms with van der Waals surface area (Å²) in [6, 6.07) is 4.84. The third-order valence-corrected chi connectivity index (χ3v) is 3.47. The number of fused-ring (bicyclic) bond motifs is 1. The van der Waals surface area contributed by atoms with E-state index in [0.29, 0.717) is 6.54 Å². The fourth-order valence-electron chi connectivity index (χ4n) is 2.49. The van der Waals surface area contributed by atoms with Crippen molar-refractivity contribution in [3.63, 3.8) is 0 Å². The highest BCUT2D eigenvalue weighted by molar-refractivity contribution is 6.05. The molecule has 0 saturated carbocycles. The van der Waals surface area contributed by atoms with E-state index < -0.39 is 5.97 Å². The summed E-state index contributed by atoms with van der Waals surface area (Å²) in [5, 5.41) is 9.04. The average Bonchev–Trinajstić information content (AvgIpc) is 2.54. The lowest BCUT2D eigenvalue weighted by Crippen LogP contribution is -2.36. The van der Waals surface area contributed by atoms with Gasteiger partial charge in [-0.1, -0.05) is 0 Å². The van der Waals surface area contributed by atoms with Crippen LogP contribution in [0.2, 0.25) is 0 Å². The third kappa shape index (κ3) is 2.47. The fourth-order valence-corrected chi connectivity index (χ4v) is 2.49. The Hall–Kier alpha value is -2.76. The Morgan fingerprint density at radius 2 is 2.10 bits per heavy atom. The molecule has 21 heavy (non-hydrogen) atoms. The molecule has 0 radical (unpaired) electrons. The van der Waals surface area contributed by atoms with Gasteiger partial charge < -0.3 is 10.0 Å². The molecular weight excluding hydrogens is 270 g/mol. The molecule has 106 valence electrons. The van der Waals surface area contributed by atoms with E-state index in [2.05, 4.69) is 9.97 Å². The minimum Gasteiger partial charge on any atom is -0.478 e. The predicted molar refractivity (Wildman–Crippen MR) is 75.4 cm³/mol. The average molecular weight is 283 g/mol. The summed E-state index contributed by atoms with van der Waals surface area (Å²) in [7, 11) is 0. The van der Waals surface area contributed by atoms with E-state index in [-0.39, 0.29) is 17.2 Å². The number of carbonyl (C=O) groups is 2. The first kappa shape index (κ1) is 13.2. The van der Waals surface area contributed by atoms with Crippen LogP contribution in [0.4, 0.5) is 5.69 Å². The third-order valence-electron chi connectivity index (χ3n) is 3.47. The van der Waals surface area contributed by atoms with Gasteiger partial charge in [-0.05, 0) is 36.6 Å². The van der Waals surface area contributed by atoms with Crippen molar-refractivity contribution in [1.82, 2.24) is 9.97 Å². The molecule has 0 atom stereocenters. The van der Waals surface area contributed by atoms with Crippen molar-refractivity contribution in [2.75, 3.05) is 11.4 Å². The first-order valence-electron chi connectivity index (χ1n) is 6.61. The first-order valence-corrected chi connectivity index (χ1v) is 6.61.